The fourth-order valence-electron chi connectivity index (χ4n) is 1.79. The Bertz CT molecular complexity index is 815. The lowest BCUT2D eigenvalue weighted by molar-refractivity contribution is -0.123. The molecule has 0 aliphatic carbocycles. The van der Waals surface area contributed by atoms with E-state index in [0.717, 1.165) is 4.47 Å². The van der Waals surface area contributed by atoms with E-state index in [1.807, 2.05) is 0 Å². The van der Waals surface area contributed by atoms with Gasteiger partial charge in [-0.05, 0) is 46.3 Å². The van der Waals surface area contributed by atoms with E-state index in [4.69, 9.17) is 21.1 Å². The van der Waals surface area contributed by atoms with Gasteiger partial charge in [0.1, 0.15) is 5.75 Å². The molecule has 1 amide bonds. The maximum atomic E-state index is 11.8. The number of hydrazone groups is 1. The predicted octanol–water partition coefficient (Wildman–Crippen LogP) is 4.11. The third kappa shape index (κ3) is 5.62. The molecule has 132 valence electrons. The summed E-state index contributed by atoms with van der Waals surface area (Å²) in [5.41, 5.74) is 2.66. The summed E-state index contributed by atoms with van der Waals surface area (Å²) in [6, 6.07) is 8.24. The van der Waals surface area contributed by atoms with Gasteiger partial charge in [0.25, 0.3) is 5.91 Å². The van der Waals surface area contributed by atoms with E-state index in [2.05, 4.69) is 42.4 Å². The van der Waals surface area contributed by atoms with Crippen molar-refractivity contribution in [2.24, 2.45) is 5.10 Å². The number of benzene rings is 2. The molecule has 6 nitrogen and oxygen atoms in total. The third-order valence-corrected chi connectivity index (χ3v) is 4.25. The van der Waals surface area contributed by atoms with Crippen molar-refractivity contribution in [3.8, 4) is 17.2 Å². The van der Waals surface area contributed by atoms with Crippen LogP contribution >= 0.6 is 43.5 Å². The molecular formula is C16H13Br2ClN2O4. The van der Waals surface area contributed by atoms with Crippen molar-refractivity contribution in [3.05, 3.63) is 49.9 Å². The van der Waals surface area contributed by atoms with Crippen molar-refractivity contribution >= 4 is 55.6 Å². The summed E-state index contributed by atoms with van der Waals surface area (Å²) in [4.78, 5) is 11.8. The smallest absolute Gasteiger partial charge is 0.277 e. The molecule has 0 aliphatic rings. The number of nitrogens with zero attached hydrogens (tertiary/aromatic N) is 1. The number of nitrogens with one attached hydrogen (secondary N) is 1. The van der Waals surface area contributed by atoms with E-state index in [9.17, 15) is 9.90 Å². The molecule has 0 spiro atoms. The maximum absolute atomic E-state index is 11.8. The second-order valence-electron chi connectivity index (χ2n) is 4.70. The Morgan fingerprint density at radius 1 is 1.32 bits per heavy atom. The fraction of sp³-hybridized carbons (Fsp3) is 0.125. The summed E-state index contributed by atoms with van der Waals surface area (Å²) in [6.07, 6.45) is 1.28. The van der Waals surface area contributed by atoms with Gasteiger partial charge in [0, 0.05) is 15.1 Å². The standard InChI is InChI=1S/C16H13Br2ClN2O4/c1-24-14-5-10(17)2-3-13(14)25-8-15(22)21-20-7-9-4-11(19)6-12(18)16(9)23/h2-7,23H,8H2,1H3,(H,21,22)/b20-7+. The van der Waals surface area contributed by atoms with Crippen LogP contribution in [0.2, 0.25) is 5.02 Å². The number of ether oxygens (including phenoxy) is 2. The lowest BCUT2D eigenvalue weighted by Gasteiger charge is -2.10. The average molecular weight is 493 g/mol. The van der Waals surface area contributed by atoms with Gasteiger partial charge in [-0.2, -0.15) is 5.10 Å². The summed E-state index contributed by atoms with van der Waals surface area (Å²) < 4.78 is 11.8. The van der Waals surface area contributed by atoms with E-state index in [1.165, 1.54) is 19.4 Å². The van der Waals surface area contributed by atoms with Crippen LogP contribution in [0.1, 0.15) is 5.56 Å². The van der Waals surface area contributed by atoms with Crippen molar-refractivity contribution in [1.29, 1.82) is 0 Å². The zero-order chi connectivity index (χ0) is 18.4. The molecule has 0 unspecified atom stereocenters. The van der Waals surface area contributed by atoms with E-state index < -0.39 is 5.91 Å². The quantitative estimate of drug-likeness (QED) is 0.470. The van der Waals surface area contributed by atoms with Gasteiger partial charge in [0.2, 0.25) is 0 Å². The zero-order valence-corrected chi connectivity index (χ0v) is 16.9. The van der Waals surface area contributed by atoms with Crippen LogP contribution in [0, 0.1) is 0 Å². The minimum atomic E-state index is -0.471. The van der Waals surface area contributed by atoms with Crippen LogP contribution in [-0.4, -0.2) is 30.9 Å². The molecule has 2 aromatic rings. The molecule has 9 heteroatoms. The molecule has 0 aromatic heterocycles. The Labute approximate surface area is 166 Å². The monoisotopic (exact) mass is 490 g/mol. The third-order valence-electron chi connectivity index (χ3n) is 2.93. The Kier molecular flexibility index (Phi) is 7.10. The summed E-state index contributed by atoms with van der Waals surface area (Å²) in [5, 5.41) is 14.1. The number of amides is 1. The first-order chi connectivity index (χ1) is 11.9. The molecule has 0 radical (unpaired) electrons. The van der Waals surface area contributed by atoms with Crippen molar-refractivity contribution < 1.29 is 19.4 Å². The highest BCUT2D eigenvalue weighted by molar-refractivity contribution is 9.10. The first-order valence-electron chi connectivity index (χ1n) is 6.87. The van der Waals surface area contributed by atoms with Crippen LogP contribution in [0.5, 0.6) is 17.2 Å². The fourth-order valence-corrected chi connectivity index (χ4v) is 2.97. The van der Waals surface area contributed by atoms with Crippen LogP contribution in [-0.2, 0) is 4.79 Å². The predicted molar refractivity (Wildman–Crippen MR) is 103 cm³/mol. The molecule has 0 atom stereocenters. The normalized spacial score (nSPS) is 10.7. The minimum absolute atomic E-state index is 0.0294. The van der Waals surface area contributed by atoms with Crippen molar-refractivity contribution in [2.75, 3.05) is 13.7 Å². The molecule has 0 aliphatic heterocycles. The first kappa shape index (κ1) is 19.6. The summed E-state index contributed by atoms with van der Waals surface area (Å²) in [7, 11) is 1.51. The number of carbonyl (C=O) groups is 1. The second kappa shape index (κ2) is 9.07. The zero-order valence-electron chi connectivity index (χ0n) is 12.9. The SMILES string of the molecule is COc1cc(Br)ccc1OCC(=O)N/N=C/c1cc(Cl)cc(Br)c1O. The van der Waals surface area contributed by atoms with Crippen LogP contribution in [0.4, 0.5) is 0 Å². The van der Waals surface area contributed by atoms with Gasteiger partial charge in [-0.1, -0.05) is 27.5 Å². The number of hydrogen-bond donors (Lipinski definition) is 2. The summed E-state index contributed by atoms with van der Waals surface area (Å²) in [5.74, 6) is 0.431. The largest absolute Gasteiger partial charge is 0.506 e. The number of carbonyl (C=O) groups excluding carboxylic acids is 1. The molecule has 0 fully saturated rings. The van der Waals surface area contributed by atoms with E-state index in [0.29, 0.717) is 26.6 Å². The second-order valence-corrected chi connectivity index (χ2v) is 6.91. The number of methoxy groups -OCH3 is 1. The van der Waals surface area contributed by atoms with Gasteiger partial charge in [-0.3, -0.25) is 4.79 Å². The van der Waals surface area contributed by atoms with Crippen molar-refractivity contribution in [1.82, 2.24) is 5.43 Å². The number of hydrogen-bond acceptors (Lipinski definition) is 5. The van der Waals surface area contributed by atoms with E-state index in [-0.39, 0.29) is 12.4 Å². The van der Waals surface area contributed by atoms with Gasteiger partial charge in [0.05, 0.1) is 17.8 Å². The number of halogens is 3. The van der Waals surface area contributed by atoms with Crippen molar-refractivity contribution in [2.45, 2.75) is 0 Å². The molecule has 2 aromatic carbocycles. The van der Waals surface area contributed by atoms with Gasteiger partial charge in [0.15, 0.2) is 18.1 Å². The van der Waals surface area contributed by atoms with Crippen LogP contribution in [0.3, 0.4) is 0 Å². The van der Waals surface area contributed by atoms with Gasteiger partial charge >= 0.3 is 0 Å². The summed E-state index contributed by atoms with van der Waals surface area (Å²) in [6.45, 7) is -0.249. The Hall–Kier alpha value is -1.77. The van der Waals surface area contributed by atoms with Gasteiger partial charge in [-0.15, -0.1) is 0 Å². The van der Waals surface area contributed by atoms with Crippen LogP contribution in [0.15, 0.2) is 44.4 Å². The molecule has 0 heterocycles. The summed E-state index contributed by atoms with van der Waals surface area (Å²) >= 11 is 12.4. The first-order valence-corrected chi connectivity index (χ1v) is 8.83. The number of rotatable bonds is 6. The highest BCUT2D eigenvalue weighted by Crippen LogP contribution is 2.31. The highest BCUT2D eigenvalue weighted by Gasteiger charge is 2.08. The minimum Gasteiger partial charge on any atom is -0.506 e. The highest BCUT2D eigenvalue weighted by atomic mass is 79.9. The molecule has 2 rings (SSSR count). The molecular weight excluding hydrogens is 479 g/mol. The van der Waals surface area contributed by atoms with Gasteiger partial charge in [-0.25, -0.2) is 5.43 Å². The van der Waals surface area contributed by atoms with E-state index >= 15 is 0 Å². The van der Waals surface area contributed by atoms with E-state index in [1.54, 1.807) is 24.3 Å². The molecule has 25 heavy (non-hydrogen) atoms. The Morgan fingerprint density at radius 2 is 2.08 bits per heavy atom. The number of phenolic OH excluding ortho intramolecular Hbond substituents is 1. The Balaban J connectivity index is 1.93. The lowest BCUT2D eigenvalue weighted by Crippen LogP contribution is -2.24. The number of aromatic hydroxyl groups is 1. The topological polar surface area (TPSA) is 80.2 Å². The average Bonchev–Trinajstić information content (AvgIpc) is 2.57. The maximum Gasteiger partial charge on any atom is 0.277 e. The van der Waals surface area contributed by atoms with Crippen LogP contribution < -0.4 is 14.9 Å². The van der Waals surface area contributed by atoms with Crippen molar-refractivity contribution in [3.63, 3.8) is 0 Å². The lowest BCUT2D eigenvalue weighted by atomic mass is 10.2. The molecule has 0 saturated heterocycles. The molecule has 0 saturated carbocycles. The van der Waals surface area contributed by atoms with Gasteiger partial charge < -0.3 is 14.6 Å². The molecule has 0 bridgehead atoms. The Morgan fingerprint density at radius 3 is 2.80 bits per heavy atom. The van der Waals surface area contributed by atoms with Crippen LogP contribution in [0.25, 0.3) is 0 Å². The number of phenols is 1. The molecule has 2 N–H and O–H groups in total.